The summed E-state index contributed by atoms with van der Waals surface area (Å²) < 4.78 is 10.7. The summed E-state index contributed by atoms with van der Waals surface area (Å²) in [6, 6.07) is 0. The molecule has 1 atom stereocenters. The lowest BCUT2D eigenvalue weighted by Gasteiger charge is -2.48. The van der Waals surface area contributed by atoms with Crippen LogP contribution in [0.15, 0.2) is 0 Å². The highest BCUT2D eigenvalue weighted by molar-refractivity contribution is 5.69. The minimum Gasteiger partial charge on any atom is -0.444 e. The molecule has 1 saturated heterocycles. The lowest BCUT2D eigenvalue weighted by Crippen LogP contribution is -2.58. The van der Waals surface area contributed by atoms with E-state index in [0.717, 1.165) is 25.9 Å². The highest BCUT2D eigenvalue weighted by Crippen LogP contribution is 2.46. The zero-order valence-electron chi connectivity index (χ0n) is 13.3. The quantitative estimate of drug-likeness (QED) is 0.733. The van der Waals surface area contributed by atoms with Gasteiger partial charge in [-0.05, 0) is 40.0 Å². The third-order valence-corrected chi connectivity index (χ3v) is 3.69. The van der Waals surface area contributed by atoms with E-state index in [1.54, 1.807) is 7.11 Å². The summed E-state index contributed by atoms with van der Waals surface area (Å²) in [7, 11) is 1.77. The van der Waals surface area contributed by atoms with Crippen molar-refractivity contribution in [2.24, 2.45) is 5.41 Å². The van der Waals surface area contributed by atoms with Crippen molar-refractivity contribution in [2.75, 3.05) is 20.2 Å². The van der Waals surface area contributed by atoms with Gasteiger partial charge in [-0.2, -0.15) is 0 Å². The summed E-state index contributed by atoms with van der Waals surface area (Å²) in [6.45, 7) is 11.4. The molecule has 1 amide bonds. The largest absolute Gasteiger partial charge is 0.444 e. The van der Waals surface area contributed by atoms with Crippen molar-refractivity contribution in [3.8, 4) is 0 Å². The van der Waals surface area contributed by atoms with Gasteiger partial charge in [0.1, 0.15) is 5.60 Å². The summed E-state index contributed by atoms with van der Waals surface area (Å²) in [6.07, 6.45) is 3.59. The second-order valence-corrected chi connectivity index (χ2v) is 6.44. The summed E-state index contributed by atoms with van der Waals surface area (Å²) in [4.78, 5) is 13.6. The van der Waals surface area contributed by atoms with Crippen LogP contribution in [0, 0.1) is 5.41 Å². The molecule has 4 heteroatoms. The normalized spacial score (nSPS) is 24.5. The molecule has 2 fully saturated rings. The minimum atomic E-state index is -0.398. The second kappa shape index (κ2) is 6.12. The molecule has 19 heavy (non-hydrogen) atoms. The van der Waals surface area contributed by atoms with Gasteiger partial charge in [-0.15, -0.1) is 0 Å². The number of carbonyl (C=O) groups is 1. The molecule has 1 aliphatic carbocycles. The first-order valence-corrected chi connectivity index (χ1v) is 7.34. The van der Waals surface area contributed by atoms with E-state index in [1.165, 1.54) is 6.42 Å². The summed E-state index contributed by atoms with van der Waals surface area (Å²) in [5.41, 5.74) is -0.0812. The van der Waals surface area contributed by atoms with E-state index in [2.05, 4.69) is 0 Å². The highest BCUT2D eigenvalue weighted by Gasteiger charge is 2.50. The van der Waals surface area contributed by atoms with E-state index < -0.39 is 5.60 Å². The van der Waals surface area contributed by atoms with E-state index >= 15 is 0 Å². The fourth-order valence-corrected chi connectivity index (χ4v) is 2.86. The van der Waals surface area contributed by atoms with E-state index in [1.807, 2.05) is 39.5 Å². The Morgan fingerprint density at radius 2 is 1.84 bits per heavy atom. The van der Waals surface area contributed by atoms with Crippen molar-refractivity contribution in [1.29, 1.82) is 0 Å². The van der Waals surface area contributed by atoms with Crippen molar-refractivity contribution in [1.82, 2.24) is 4.90 Å². The molecule has 0 aromatic heterocycles. The third kappa shape index (κ3) is 4.10. The Hall–Kier alpha value is -0.770. The van der Waals surface area contributed by atoms with Gasteiger partial charge in [0.15, 0.2) is 0 Å². The molecule has 0 radical (unpaired) electrons. The van der Waals surface area contributed by atoms with Crippen LogP contribution in [0.3, 0.4) is 0 Å². The lowest BCUT2D eigenvalue weighted by atomic mass is 9.78. The van der Waals surface area contributed by atoms with Gasteiger partial charge in [-0.3, -0.25) is 0 Å². The van der Waals surface area contributed by atoms with E-state index in [4.69, 9.17) is 9.47 Å². The Morgan fingerprint density at radius 1 is 1.26 bits per heavy atom. The Labute approximate surface area is 117 Å². The van der Waals surface area contributed by atoms with Crippen LogP contribution < -0.4 is 0 Å². The second-order valence-electron chi connectivity index (χ2n) is 6.44. The molecular weight excluding hydrogens is 242 g/mol. The fraction of sp³-hybridized carbons (Fsp3) is 0.933. The Bertz CT molecular complexity index is 303. The molecule has 1 unspecified atom stereocenters. The van der Waals surface area contributed by atoms with Crippen LogP contribution in [0.2, 0.25) is 0 Å². The molecule has 1 saturated carbocycles. The molecule has 4 nitrogen and oxygen atoms in total. The van der Waals surface area contributed by atoms with E-state index in [9.17, 15) is 4.79 Å². The number of ether oxygens (including phenoxy) is 2. The molecule has 1 aliphatic heterocycles. The van der Waals surface area contributed by atoms with Gasteiger partial charge >= 0.3 is 6.09 Å². The van der Waals surface area contributed by atoms with Crippen molar-refractivity contribution >= 4 is 6.09 Å². The van der Waals surface area contributed by atoms with Gasteiger partial charge in [0.2, 0.25) is 0 Å². The predicted octanol–water partition coefficient (Wildman–Crippen LogP) is 3.45. The van der Waals surface area contributed by atoms with Gasteiger partial charge in [0, 0.05) is 25.6 Å². The van der Waals surface area contributed by atoms with Gasteiger partial charge in [-0.1, -0.05) is 13.8 Å². The smallest absolute Gasteiger partial charge is 0.410 e. The maximum atomic E-state index is 11.8. The zero-order chi connectivity index (χ0) is 14.7. The molecule has 0 bridgehead atoms. The number of likely N-dealkylation sites (tertiary alicyclic amines) is 1. The molecular formula is C15H29NO3. The number of amides is 1. The standard InChI is InChI=1S/C13H23NO3.C2H6/c1-12(2,3)17-11(15)14-8-13(9-14)6-5-10(7-13)16-4;1-2/h10H,5-9H2,1-4H3;1-2H3. The summed E-state index contributed by atoms with van der Waals surface area (Å²) in [5.74, 6) is 0. The topological polar surface area (TPSA) is 38.8 Å². The Balaban J connectivity index is 0.000000861. The van der Waals surface area contributed by atoms with Crippen LogP contribution in [0.4, 0.5) is 4.79 Å². The average Bonchev–Trinajstić information content (AvgIpc) is 2.71. The number of hydrogen-bond acceptors (Lipinski definition) is 3. The lowest BCUT2D eigenvalue weighted by molar-refractivity contribution is -0.0376. The van der Waals surface area contributed by atoms with Crippen LogP contribution in [0.25, 0.3) is 0 Å². The van der Waals surface area contributed by atoms with Crippen LogP contribution in [-0.2, 0) is 9.47 Å². The van der Waals surface area contributed by atoms with Crippen LogP contribution in [0.1, 0.15) is 53.9 Å². The van der Waals surface area contributed by atoms with E-state index in [0.29, 0.717) is 11.5 Å². The number of carbonyl (C=O) groups excluding carboxylic acids is 1. The third-order valence-electron chi connectivity index (χ3n) is 3.69. The molecule has 0 aromatic carbocycles. The average molecular weight is 271 g/mol. The first-order valence-electron chi connectivity index (χ1n) is 7.34. The predicted molar refractivity (Wildman–Crippen MR) is 76.2 cm³/mol. The minimum absolute atomic E-state index is 0.177. The van der Waals surface area contributed by atoms with Crippen molar-refractivity contribution in [2.45, 2.75) is 65.6 Å². The number of nitrogens with zero attached hydrogens (tertiary/aromatic N) is 1. The summed E-state index contributed by atoms with van der Waals surface area (Å²) >= 11 is 0. The first-order chi connectivity index (χ1) is 8.84. The number of rotatable bonds is 1. The van der Waals surface area contributed by atoms with Crippen LogP contribution in [0.5, 0.6) is 0 Å². The molecule has 0 aromatic rings. The van der Waals surface area contributed by atoms with Gasteiger partial charge in [0.05, 0.1) is 6.10 Å². The molecule has 0 N–H and O–H groups in total. The maximum Gasteiger partial charge on any atom is 0.410 e. The molecule has 2 rings (SSSR count). The number of hydrogen-bond donors (Lipinski definition) is 0. The fourth-order valence-electron chi connectivity index (χ4n) is 2.86. The number of methoxy groups -OCH3 is 1. The first kappa shape index (κ1) is 16.3. The van der Waals surface area contributed by atoms with Crippen LogP contribution >= 0.6 is 0 Å². The maximum absolute atomic E-state index is 11.8. The van der Waals surface area contributed by atoms with Gasteiger partial charge in [0.25, 0.3) is 0 Å². The summed E-state index contributed by atoms with van der Waals surface area (Å²) in [5, 5.41) is 0. The van der Waals surface area contributed by atoms with Crippen LogP contribution in [-0.4, -0.2) is 42.9 Å². The van der Waals surface area contributed by atoms with Gasteiger partial charge < -0.3 is 14.4 Å². The molecule has 112 valence electrons. The SMILES string of the molecule is CC.COC1CCC2(C1)CN(C(=O)OC(C)(C)C)C2. The molecule has 1 spiro atoms. The van der Waals surface area contributed by atoms with E-state index in [-0.39, 0.29) is 6.09 Å². The zero-order valence-corrected chi connectivity index (χ0v) is 13.3. The molecule has 1 heterocycles. The van der Waals surface area contributed by atoms with Crippen molar-refractivity contribution in [3.63, 3.8) is 0 Å². The van der Waals surface area contributed by atoms with Crippen molar-refractivity contribution in [3.05, 3.63) is 0 Å². The molecule has 2 aliphatic rings. The van der Waals surface area contributed by atoms with Crippen molar-refractivity contribution < 1.29 is 14.3 Å². The van der Waals surface area contributed by atoms with Gasteiger partial charge in [-0.25, -0.2) is 4.79 Å². The highest BCUT2D eigenvalue weighted by atomic mass is 16.6. The Kier molecular flexibility index (Phi) is 5.25. The Morgan fingerprint density at radius 3 is 2.26 bits per heavy atom. The monoisotopic (exact) mass is 271 g/mol.